The van der Waals surface area contributed by atoms with Crippen molar-refractivity contribution >= 4 is 0 Å². The van der Waals surface area contributed by atoms with Gasteiger partial charge in [-0.05, 0) is 18.4 Å². The Labute approximate surface area is 103 Å². The normalized spacial score (nSPS) is 13.1. The van der Waals surface area contributed by atoms with Crippen molar-refractivity contribution in [2.75, 3.05) is 20.5 Å². The molecule has 1 rings (SSSR count). The van der Waals surface area contributed by atoms with E-state index >= 15 is 0 Å². The molecule has 0 aromatic heterocycles. The highest BCUT2D eigenvalue weighted by molar-refractivity contribution is 5.15. The number of aliphatic hydroxyl groups excluding tert-OH is 1. The first-order valence-corrected chi connectivity index (χ1v) is 5.78. The zero-order valence-corrected chi connectivity index (χ0v) is 10.2. The average Bonchev–Trinajstić information content (AvgIpc) is 2.39. The molecule has 3 nitrogen and oxygen atoms in total. The van der Waals surface area contributed by atoms with Crippen LogP contribution < -0.4 is 0 Å². The van der Waals surface area contributed by atoms with Gasteiger partial charge in [-0.2, -0.15) is 0 Å². The molecular weight excluding hydrogens is 216 g/mol. The molecule has 0 spiro atoms. The van der Waals surface area contributed by atoms with Crippen molar-refractivity contribution in [1.82, 2.24) is 0 Å². The molecule has 0 unspecified atom stereocenters. The molecule has 0 aliphatic carbocycles. The van der Waals surface area contributed by atoms with Crippen LogP contribution in [0.5, 0.6) is 0 Å². The number of hydrogen-bond acceptors (Lipinski definition) is 3. The lowest BCUT2D eigenvalue weighted by molar-refractivity contribution is -0.0574. The second kappa shape index (κ2) is 8.93. The quantitative estimate of drug-likeness (QED) is 0.555. The summed E-state index contributed by atoms with van der Waals surface area (Å²) in [5, 5.41) is 8.75. The van der Waals surface area contributed by atoms with E-state index in [9.17, 15) is 0 Å². The fourth-order valence-corrected chi connectivity index (χ4v) is 1.56. The van der Waals surface area contributed by atoms with Crippen molar-refractivity contribution in [2.24, 2.45) is 0 Å². The molecule has 0 aliphatic rings. The van der Waals surface area contributed by atoms with Crippen molar-refractivity contribution in [1.29, 1.82) is 0 Å². The maximum absolute atomic E-state index is 8.75. The molecule has 3 heteroatoms. The van der Waals surface area contributed by atoms with E-state index in [1.807, 2.05) is 24.3 Å². The van der Waals surface area contributed by atoms with Gasteiger partial charge in [-0.25, -0.2) is 0 Å². The minimum Gasteiger partial charge on any atom is -0.392 e. The zero-order valence-electron chi connectivity index (χ0n) is 10.2. The van der Waals surface area contributed by atoms with Crippen LogP contribution in [-0.2, 0) is 15.9 Å². The summed E-state index contributed by atoms with van der Waals surface area (Å²) >= 11 is 0. The molecule has 1 N–H and O–H groups in total. The summed E-state index contributed by atoms with van der Waals surface area (Å²) in [5.41, 5.74) is 1.29. The van der Waals surface area contributed by atoms with E-state index in [0.717, 1.165) is 12.8 Å². The molecule has 1 aromatic carbocycles. The fourth-order valence-electron chi connectivity index (χ4n) is 1.56. The van der Waals surface area contributed by atoms with Crippen LogP contribution in [0.15, 0.2) is 42.5 Å². The molecule has 1 aromatic rings. The fraction of sp³-hybridized carbons (Fsp3) is 0.429. The SMILES string of the molecule is COCO[C@H](/C=C/CO)CCc1ccccc1. The Morgan fingerprint density at radius 2 is 2.06 bits per heavy atom. The van der Waals surface area contributed by atoms with Crippen molar-refractivity contribution in [3.8, 4) is 0 Å². The minimum absolute atomic E-state index is 0.0118. The van der Waals surface area contributed by atoms with Gasteiger partial charge < -0.3 is 14.6 Å². The van der Waals surface area contributed by atoms with Gasteiger partial charge in [-0.15, -0.1) is 0 Å². The highest BCUT2D eigenvalue weighted by atomic mass is 16.7. The lowest BCUT2D eigenvalue weighted by atomic mass is 10.1. The van der Waals surface area contributed by atoms with Crippen LogP contribution in [0.25, 0.3) is 0 Å². The Hall–Kier alpha value is -1.16. The van der Waals surface area contributed by atoms with Crippen LogP contribution in [0.4, 0.5) is 0 Å². The van der Waals surface area contributed by atoms with E-state index in [4.69, 9.17) is 14.6 Å². The number of methoxy groups -OCH3 is 1. The molecule has 0 fully saturated rings. The number of ether oxygens (including phenoxy) is 2. The van der Waals surface area contributed by atoms with E-state index < -0.39 is 0 Å². The van der Waals surface area contributed by atoms with E-state index in [1.54, 1.807) is 13.2 Å². The van der Waals surface area contributed by atoms with Gasteiger partial charge in [-0.3, -0.25) is 0 Å². The van der Waals surface area contributed by atoms with Crippen LogP contribution in [0, 0.1) is 0 Å². The van der Waals surface area contributed by atoms with Gasteiger partial charge in [-0.1, -0.05) is 42.5 Å². The maximum atomic E-state index is 8.75. The first-order chi connectivity index (χ1) is 8.36. The van der Waals surface area contributed by atoms with Gasteiger partial charge in [0.25, 0.3) is 0 Å². The standard InChI is InChI=1S/C14H20O3/c1-16-12-17-14(8-5-11-15)10-9-13-6-3-2-4-7-13/h2-8,14-15H,9-12H2,1H3/b8-5+/t14-/m1/s1. The van der Waals surface area contributed by atoms with Gasteiger partial charge in [0, 0.05) is 7.11 Å². The first-order valence-electron chi connectivity index (χ1n) is 5.78. The Kier molecular flexibility index (Phi) is 7.30. The second-order valence-corrected chi connectivity index (χ2v) is 3.75. The summed E-state index contributed by atoms with van der Waals surface area (Å²) in [5.74, 6) is 0. The summed E-state index contributed by atoms with van der Waals surface area (Å²) in [4.78, 5) is 0. The van der Waals surface area contributed by atoms with Crippen LogP contribution >= 0.6 is 0 Å². The summed E-state index contributed by atoms with van der Waals surface area (Å²) in [6, 6.07) is 10.3. The Morgan fingerprint density at radius 1 is 1.29 bits per heavy atom. The van der Waals surface area contributed by atoms with E-state index in [2.05, 4.69) is 12.1 Å². The van der Waals surface area contributed by atoms with Gasteiger partial charge in [0.1, 0.15) is 6.79 Å². The molecule has 0 heterocycles. The molecule has 0 amide bonds. The molecule has 17 heavy (non-hydrogen) atoms. The van der Waals surface area contributed by atoms with Gasteiger partial charge in [0.05, 0.1) is 12.7 Å². The van der Waals surface area contributed by atoms with Crippen LogP contribution in [-0.4, -0.2) is 31.7 Å². The third-order valence-electron chi connectivity index (χ3n) is 2.42. The number of benzene rings is 1. The van der Waals surface area contributed by atoms with Gasteiger partial charge in [0.15, 0.2) is 0 Å². The highest BCUT2D eigenvalue weighted by Crippen LogP contribution is 2.08. The molecule has 1 atom stereocenters. The summed E-state index contributed by atoms with van der Waals surface area (Å²) in [7, 11) is 1.60. The van der Waals surface area contributed by atoms with Gasteiger partial charge >= 0.3 is 0 Å². The number of aliphatic hydroxyl groups is 1. The molecule has 0 radical (unpaired) electrons. The lowest BCUT2D eigenvalue weighted by Gasteiger charge is -2.13. The van der Waals surface area contributed by atoms with Crippen LogP contribution in [0.3, 0.4) is 0 Å². The van der Waals surface area contributed by atoms with Crippen LogP contribution in [0.1, 0.15) is 12.0 Å². The Balaban J connectivity index is 2.40. The predicted octanol–water partition coefficient (Wildman–Crippen LogP) is 2.16. The topological polar surface area (TPSA) is 38.7 Å². The van der Waals surface area contributed by atoms with E-state index in [0.29, 0.717) is 0 Å². The van der Waals surface area contributed by atoms with Crippen molar-refractivity contribution in [2.45, 2.75) is 18.9 Å². The van der Waals surface area contributed by atoms with Crippen molar-refractivity contribution < 1.29 is 14.6 Å². The van der Waals surface area contributed by atoms with Crippen molar-refractivity contribution in [3.63, 3.8) is 0 Å². The second-order valence-electron chi connectivity index (χ2n) is 3.75. The lowest BCUT2D eigenvalue weighted by Crippen LogP contribution is -2.13. The monoisotopic (exact) mass is 236 g/mol. The summed E-state index contributed by atoms with van der Waals surface area (Å²) in [6.07, 6.45) is 5.39. The average molecular weight is 236 g/mol. The molecule has 0 saturated carbocycles. The largest absolute Gasteiger partial charge is 0.392 e. The smallest absolute Gasteiger partial charge is 0.147 e. The number of rotatable bonds is 8. The highest BCUT2D eigenvalue weighted by Gasteiger charge is 2.05. The number of hydrogen-bond donors (Lipinski definition) is 1. The molecule has 0 bridgehead atoms. The minimum atomic E-state index is -0.0118. The summed E-state index contributed by atoms with van der Waals surface area (Å²) < 4.78 is 10.4. The molecule has 0 aliphatic heterocycles. The zero-order chi connectivity index (χ0) is 12.3. The third kappa shape index (κ3) is 6.22. The Morgan fingerprint density at radius 3 is 2.71 bits per heavy atom. The molecule has 0 saturated heterocycles. The summed E-state index contributed by atoms with van der Waals surface area (Å²) in [6.45, 7) is 0.313. The predicted molar refractivity (Wildman–Crippen MR) is 67.7 cm³/mol. The van der Waals surface area contributed by atoms with Gasteiger partial charge in [0.2, 0.25) is 0 Å². The van der Waals surface area contributed by atoms with Crippen molar-refractivity contribution in [3.05, 3.63) is 48.0 Å². The van der Waals surface area contributed by atoms with E-state index in [-0.39, 0.29) is 19.5 Å². The first kappa shape index (κ1) is 13.9. The Bertz CT molecular complexity index is 309. The number of aryl methyl sites for hydroxylation is 1. The third-order valence-corrected chi connectivity index (χ3v) is 2.42. The van der Waals surface area contributed by atoms with E-state index in [1.165, 1.54) is 5.56 Å². The molecule has 94 valence electrons. The molecular formula is C14H20O3. The maximum Gasteiger partial charge on any atom is 0.147 e. The van der Waals surface area contributed by atoms with Crippen LogP contribution in [0.2, 0.25) is 0 Å².